The van der Waals surface area contributed by atoms with E-state index in [0.29, 0.717) is 35.4 Å². The van der Waals surface area contributed by atoms with Crippen LogP contribution in [0.2, 0.25) is 0 Å². The van der Waals surface area contributed by atoms with Gasteiger partial charge in [-0.1, -0.05) is 17.3 Å². The molecule has 110 valence electrons. The molecule has 0 bridgehead atoms. The smallest absolute Gasteiger partial charge is 0.278 e. The molecule has 6 heteroatoms. The highest BCUT2D eigenvalue weighted by Gasteiger charge is 2.41. The number of hydrogen-bond acceptors (Lipinski definition) is 5. The maximum absolute atomic E-state index is 12.5. The highest BCUT2D eigenvalue weighted by molar-refractivity contribution is 5.76. The number of aromatic nitrogens is 3. The van der Waals surface area contributed by atoms with E-state index in [2.05, 4.69) is 27.5 Å². The topological polar surface area (TPSA) is 63.1 Å². The van der Waals surface area contributed by atoms with Gasteiger partial charge < -0.3 is 5.32 Å². The van der Waals surface area contributed by atoms with E-state index in [0.717, 1.165) is 19.6 Å². The molecule has 2 aromatic rings. The fourth-order valence-corrected chi connectivity index (χ4v) is 3.73. The van der Waals surface area contributed by atoms with Crippen LogP contribution in [0.25, 0.3) is 10.9 Å². The molecule has 2 saturated heterocycles. The largest absolute Gasteiger partial charge is 0.316 e. The van der Waals surface area contributed by atoms with Crippen molar-refractivity contribution in [1.29, 1.82) is 0 Å². The Hall–Kier alpha value is -1.79. The van der Waals surface area contributed by atoms with Crippen molar-refractivity contribution in [3.63, 3.8) is 0 Å². The fourth-order valence-electron chi connectivity index (χ4n) is 3.73. The molecule has 1 aromatic heterocycles. The summed E-state index contributed by atoms with van der Waals surface area (Å²) in [6, 6.07) is 7.85. The van der Waals surface area contributed by atoms with Gasteiger partial charge in [0.1, 0.15) is 5.52 Å². The van der Waals surface area contributed by atoms with Gasteiger partial charge in [0, 0.05) is 12.6 Å². The van der Waals surface area contributed by atoms with Crippen LogP contribution in [0.5, 0.6) is 0 Å². The molecule has 4 rings (SSSR count). The molecule has 1 aromatic carbocycles. The summed E-state index contributed by atoms with van der Waals surface area (Å²) in [7, 11) is 0. The van der Waals surface area contributed by atoms with Gasteiger partial charge in [-0.3, -0.25) is 9.69 Å². The van der Waals surface area contributed by atoms with Gasteiger partial charge in [0.05, 0.1) is 12.1 Å². The van der Waals surface area contributed by atoms with Crippen molar-refractivity contribution in [2.75, 3.05) is 19.6 Å². The fraction of sp³-hybridized carbons (Fsp3) is 0.533. The van der Waals surface area contributed by atoms with Gasteiger partial charge in [-0.05, 0) is 44.0 Å². The third-order valence-corrected chi connectivity index (χ3v) is 5.00. The van der Waals surface area contributed by atoms with Crippen molar-refractivity contribution >= 4 is 10.9 Å². The zero-order chi connectivity index (χ0) is 14.4. The summed E-state index contributed by atoms with van der Waals surface area (Å²) >= 11 is 0. The van der Waals surface area contributed by atoms with Crippen LogP contribution in [-0.2, 0) is 6.67 Å². The number of nitrogens with zero attached hydrogens (tertiary/aromatic N) is 4. The first-order valence-corrected chi connectivity index (χ1v) is 7.51. The maximum Gasteiger partial charge on any atom is 0.278 e. The minimum absolute atomic E-state index is 0.0528. The molecule has 0 amide bonds. The monoisotopic (exact) mass is 285 g/mol. The summed E-state index contributed by atoms with van der Waals surface area (Å²) in [5.41, 5.74) is 0.609. The summed E-state index contributed by atoms with van der Waals surface area (Å²) in [5, 5.41) is 12.3. The van der Waals surface area contributed by atoms with Crippen molar-refractivity contribution < 1.29 is 0 Å². The number of nitrogens with one attached hydrogen (secondary N) is 1. The van der Waals surface area contributed by atoms with Gasteiger partial charge in [0.2, 0.25) is 0 Å². The second kappa shape index (κ2) is 4.89. The standard InChI is InChI=1S/C15H19N5O/c1-10-13-7-16-6-11(13)8-19(10)9-20-15(21)12-4-2-3-5-14(12)17-18-20/h2-5,10-11,13,16H,6-9H2,1H3. The van der Waals surface area contributed by atoms with Crippen molar-refractivity contribution in [3.8, 4) is 0 Å². The van der Waals surface area contributed by atoms with Crippen LogP contribution in [0.15, 0.2) is 29.1 Å². The molecule has 3 atom stereocenters. The van der Waals surface area contributed by atoms with Crippen molar-refractivity contribution in [1.82, 2.24) is 25.2 Å². The quantitative estimate of drug-likeness (QED) is 0.859. The normalized spacial score (nSPS) is 29.1. The van der Waals surface area contributed by atoms with E-state index in [1.807, 2.05) is 24.3 Å². The summed E-state index contributed by atoms with van der Waals surface area (Å²) in [5.74, 6) is 1.39. The molecule has 3 unspecified atom stereocenters. The zero-order valence-corrected chi connectivity index (χ0v) is 12.1. The third-order valence-electron chi connectivity index (χ3n) is 5.00. The Kier molecular flexibility index (Phi) is 3.01. The first-order chi connectivity index (χ1) is 10.2. The Labute approximate surface area is 122 Å². The molecular weight excluding hydrogens is 266 g/mol. The van der Waals surface area contributed by atoms with Crippen LogP contribution in [0.4, 0.5) is 0 Å². The van der Waals surface area contributed by atoms with Gasteiger partial charge in [-0.15, -0.1) is 5.10 Å². The molecule has 0 saturated carbocycles. The van der Waals surface area contributed by atoms with E-state index in [9.17, 15) is 4.79 Å². The molecule has 6 nitrogen and oxygen atoms in total. The SMILES string of the molecule is CC1C2CNCC2CN1Cn1nnc2ccccc2c1=O. The van der Waals surface area contributed by atoms with E-state index in [1.54, 1.807) is 0 Å². The molecular formula is C15H19N5O. The number of hydrogen-bond donors (Lipinski definition) is 1. The molecule has 2 aliphatic heterocycles. The molecule has 2 fully saturated rings. The summed E-state index contributed by atoms with van der Waals surface area (Å²) < 4.78 is 1.49. The minimum Gasteiger partial charge on any atom is -0.316 e. The van der Waals surface area contributed by atoms with Crippen LogP contribution in [0.3, 0.4) is 0 Å². The van der Waals surface area contributed by atoms with Crippen molar-refractivity contribution in [2.45, 2.75) is 19.6 Å². The lowest BCUT2D eigenvalue weighted by Gasteiger charge is -2.24. The Morgan fingerprint density at radius 1 is 1.33 bits per heavy atom. The molecule has 2 aliphatic rings. The van der Waals surface area contributed by atoms with E-state index < -0.39 is 0 Å². The molecule has 1 N–H and O–H groups in total. The van der Waals surface area contributed by atoms with Crippen LogP contribution in [-0.4, -0.2) is 45.6 Å². The van der Waals surface area contributed by atoms with Crippen LogP contribution in [0.1, 0.15) is 6.92 Å². The molecule has 0 aliphatic carbocycles. The lowest BCUT2D eigenvalue weighted by molar-refractivity contribution is 0.174. The highest BCUT2D eigenvalue weighted by atomic mass is 16.1. The Bertz CT molecular complexity index is 727. The summed E-state index contributed by atoms with van der Waals surface area (Å²) in [6.07, 6.45) is 0. The van der Waals surface area contributed by atoms with Gasteiger partial charge in [0.25, 0.3) is 5.56 Å². The molecule has 3 heterocycles. The average Bonchev–Trinajstić information content (AvgIpc) is 3.06. The number of likely N-dealkylation sites (tertiary alicyclic amines) is 1. The second-order valence-electron chi connectivity index (χ2n) is 6.15. The predicted octanol–water partition coefficient (Wildman–Crippen LogP) is 0.289. The van der Waals surface area contributed by atoms with Gasteiger partial charge in [-0.2, -0.15) is 4.68 Å². The Balaban J connectivity index is 1.63. The van der Waals surface area contributed by atoms with Crippen molar-refractivity contribution in [3.05, 3.63) is 34.6 Å². The Morgan fingerprint density at radius 2 is 2.19 bits per heavy atom. The molecule has 0 spiro atoms. The lowest BCUT2D eigenvalue weighted by Crippen LogP contribution is -2.39. The zero-order valence-electron chi connectivity index (χ0n) is 12.1. The second-order valence-corrected chi connectivity index (χ2v) is 6.15. The highest BCUT2D eigenvalue weighted by Crippen LogP contribution is 2.32. The van der Waals surface area contributed by atoms with E-state index in [-0.39, 0.29) is 5.56 Å². The predicted molar refractivity (Wildman–Crippen MR) is 79.8 cm³/mol. The van der Waals surface area contributed by atoms with Crippen LogP contribution >= 0.6 is 0 Å². The minimum atomic E-state index is -0.0528. The number of fused-ring (bicyclic) bond motifs is 2. The lowest BCUT2D eigenvalue weighted by atomic mass is 9.95. The van der Waals surface area contributed by atoms with Gasteiger partial charge in [0.15, 0.2) is 0 Å². The van der Waals surface area contributed by atoms with E-state index in [1.165, 1.54) is 4.68 Å². The van der Waals surface area contributed by atoms with Gasteiger partial charge >= 0.3 is 0 Å². The van der Waals surface area contributed by atoms with Gasteiger partial charge in [-0.25, -0.2) is 0 Å². The summed E-state index contributed by atoms with van der Waals surface area (Å²) in [4.78, 5) is 14.8. The molecule has 0 radical (unpaired) electrons. The van der Waals surface area contributed by atoms with Crippen molar-refractivity contribution in [2.24, 2.45) is 11.8 Å². The maximum atomic E-state index is 12.5. The molecule has 21 heavy (non-hydrogen) atoms. The first kappa shape index (κ1) is 12.9. The average molecular weight is 285 g/mol. The van der Waals surface area contributed by atoms with Crippen LogP contribution < -0.4 is 10.9 Å². The third kappa shape index (κ3) is 2.06. The summed E-state index contributed by atoms with van der Waals surface area (Å²) in [6.45, 7) is 5.98. The number of rotatable bonds is 2. The van der Waals surface area contributed by atoms with E-state index >= 15 is 0 Å². The first-order valence-electron chi connectivity index (χ1n) is 7.51. The number of benzene rings is 1. The van der Waals surface area contributed by atoms with E-state index in [4.69, 9.17) is 0 Å². The Morgan fingerprint density at radius 3 is 3.05 bits per heavy atom. The van der Waals surface area contributed by atoms with Crippen LogP contribution in [0, 0.1) is 11.8 Å².